The van der Waals surface area contributed by atoms with Crippen LogP contribution < -0.4 is 0 Å². The van der Waals surface area contributed by atoms with Gasteiger partial charge in [0.25, 0.3) is 0 Å². The van der Waals surface area contributed by atoms with E-state index in [0.717, 1.165) is 6.42 Å². The van der Waals surface area contributed by atoms with E-state index >= 15 is 0 Å². The summed E-state index contributed by atoms with van der Waals surface area (Å²) >= 11 is 5.35. The summed E-state index contributed by atoms with van der Waals surface area (Å²) < 4.78 is 5.31. The lowest BCUT2D eigenvalue weighted by Crippen LogP contribution is -2.30. The van der Waals surface area contributed by atoms with Gasteiger partial charge in [0.05, 0.1) is 11.5 Å². The molecule has 1 rings (SSSR count). The van der Waals surface area contributed by atoms with Crippen molar-refractivity contribution in [2.24, 2.45) is 5.92 Å². The molecule has 2 nitrogen and oxygen atoms in total. The largest absolute Gasteiger partial charge is 0.375 e. The van der Waals surface area contributed by atoms with Gasteiger partial charge in [-0.3, -0.25) is 4.79 Å². The summed E-state index contributed by atoms with van der Waals surface area (Å²) in [4.78, 5) is 10.7. The van der Waals surface area contributed by atoms with Crippen LogP contribution >= 0.6 is 11.6 Å². The monoisotopic (exact) mass is 162 g/mol. The van der Waals surface area contributed by atoms with Gasteiger partial charge in [0.1, 0.15) is 0 Å². The molecular weight excluding hydrogens is 152 g/mol. The van der Waals surface area contributed by atoms with Crippen LogP contribution in [-0.4, -0.2) is 17.5 Å². The highest BCUT2D eigenvalue weighted by Gasteiger charge is 2.39. The highest BCUT2D eigenvalue weighted by molar-refractivity contribution is 6.64. The minimum atomic E-state index is -0.348. The average Bonchev–Trinajstić information content (AvgIpc) is 2.08. The highest BCUT2D eigenvalue weighted by Crippen LogP contribution is 2.32. The van der Waals surface area contributed by atoms with Gasteiger partial charge in [0.2, 0.25) is 5.24 Å². The number of carbonyl (C=O) groups excluding carboxylic acids is 1. The first-order chi connectivity index (χ1) is 4.54. The molecule has 0 aromatic heterocycles. The molecule has 0 spiro atoms. The number of hydrogen-bond acceptors (Lipinski definition) is 2. The summed E-state index contributed by atoms with van der Waals surface area (Å²) in [5.74, 6) is -0.117. The third kappa shape index (κ3) is 1.32. The topological polar surface area (TPSA) is 26.3 Å². The maximum absolute atomic E-state index is 10.7. The number of ether oxygens (including phenoxy) is 1. The van der Waals surface area contributed by atoms with Crippen LogP contribution in [0.3, 0.4) is 0 Å². The van der Waals surface area contributed by atoms with Crippen LogP contribution in [0.25, 0.3) is 0 Å². The minimum Gasteiger partial charge on any atom is -0.375 e. The Morgan fingerprint density at radius 1 is 1.70 bits per heavy atom. The summed E-state index contributed by atoms with van der Waals surface area (Å²) in [6, 6.07) is 0. The summed E-state index contributed by atoms with van der Waals surface area (Å²) in [7, 11) is 0. The number of hydrogen-bond donors (Lipinski definition) is 0. The maximum Gasteiger partial charge on any atom is 0.227 e. The normalized spacial score (nSPS) is 30.5. The fourth-order valence-corrected chi connectivity index (χ4v) is 1.65. The van der Waals surface area contributed by atoms with Gasteiger partial charge < -0.3 is 4.74 Å². The van der Waals surface area contributed by atoms with Crippen LogP contribution in [0.5, 0.6) is 0 Å². The van der Waals surface area contributed by atoms with E-state index in [2.05, 4.69) is 0 Å². The first-order valence-corrected chi connectivity index (χ1v) is 3.75. The van der Waals surface area contributed by atoms with E-state index < -0.39 is 0 Å². The highest BCUT2D eigenvalue weighted by atomic mass is 35.5. The molecule has 10 heavy (non-hydrogen) atoms. The van der Waals surface area contributed by atoms with Gasteiger partial charge in [0, 0.05) is 6.61 Å². The van der Waals surface area contributed by atoms with Crippen LogP contribution in [0.1, 0.15) is 20.3 Å². The molecular formula is C7H11ClO2. The molecule has 0 saturated carbocycles. The van der Waals surface area contributed by atoms with Crippen LogP contribution in [0, 0.1) is 5.92 Å². The molecule has 1 atom stereocenters. The van der Waals surface area contributed by atoms with Crippen LogP contribution in [-0.2, 0) is 9.53 Å². The van der Waals surface area contributed by atoms with E-state index in [9.17, 15) is 4.79 Å². The molecule has 1 fully saturated rings. The zero-order valence-corrected chi connectivity index (χ0v) is 6.94. The van der Waals surface area contributed by atoms with Crippen molar-refractivity contribution in [2.75, 3.05) is 6.61 Å². The molecule has 1 aliphatic rings. The van der Waals surface area contributed by atoms with Crippen LogP contribution in [0.2, 0.25) is 0 Å². The first kappa shape index (κ1) is 8.02. The van der Waals surface area contributed by atoms with E-state index in [-0.39, 0.29) is 16.8 Å². The van der Waals surface area contributed by atoms with Gasteiger partial charge in [-0.25, -0.2) is 0 Å². The standard InChI is InChI=1S/C7H11ClO2/c1-7(2)5(6(8)9)3-4-10-7/h5H,3-4H2,1-2H3/t5-/m0/s1. The third-order valence-corrected chi connectivity index (χ3v) is 2.26. The lowest BCUT2D eigenvalue weighted by molar-refractivity contribution is -0.119. The molecule has 3 heteroatoms. The number of halogens is 1. The van der Waals surface area contributed by atoms with E-state index in [0.29, 0.717) is 6.61 Å². The van der Waals surface area contributed by atoms with E-state index in [1.807, 2.05) is 13.8 Å². The molecule has 1 aliphatic heterocycles. The molecule has 0 aromatic carbocycles. The van der Waals surface area contributed by atoms with Crippen molar-refractivity contribution in [3.63, 3.8) is 0 Å². The fourth-order valence-electron chi connectivity index (χ4n) is 1.27. The third-order valence-electron chi connectivity index (χ3n) is 1.99. The van der Waals surface area contributed by atoms with Gasteiger partial charge in [-0.2, -0.15) is 0 Å². The zero-order chi connectivity index (χ0) is 7.78. The van der Waals surface area contributed by atoms with Gasteiger partial charge in [-0.1, -0.05) is 0 Å². The Hall–Kier alpha value is -0.0800. The Balaban J connectivity index is 2.68. The first-order valence-electron chi connectivity index (χ1n) is 3.37. The van der Waals surface area contributed by atoms with Crippen LogP contribution in [0.4, 0.5) is 0 Å². The second-order valence-corrected chi connectivity index (χ2v) is 3.47. The average molecular weight is 163 g/mol. The Kier molecular flexibility index (Phi) is 2.02. The molecule has 0 radical (unpaired) electrons. The lowest BCUT2D eigenvalue weighted by atomic mass is 9.92. The summed E-state index contributed by atoms with van der Waals surface area (Å²) in [6.45, 7) is 4.44. The number of carbonyl (C=O) groups is 1. The molecule has 1 saturated heterocycles. The summed E-state index contributed by atoms with van der Waals surface area (Å²) in [5, 5.41) is -0.275. The predicted molar refractivity (Wildman–Crippen MR) is 39.0 cm³/mol. The second kappa shape index (κ2) is 2.51. The summed E-state index contributed by atoms with van der Waals surface area (Å²) in [6.07, 6.45) is 0.759. The molecule has 0 unspecified atom stereocenters. The van der Waals surface area contributed by atoms with Gasteiger partial charge in [0.15, 0.2) is 0 Å². The minimum absolute atomic E-state index is 0.117. The molecule has 0 aromatic rings. The van der Waals surface area contributed by atoms with E-state index in [4.69, 9.17) is 16.3 Å². The van der Waals surface area contributed by atoms with Crippen molar-refractivity contribution in [1.29, 1.82) is 0 Å². The molecule has 0 amide bonds. The van der Waals surface area contributed by atoms with Crippen molar-refractivity contribution in [2.45, 2.75) is 25.9 Å². The Morgan fingerprint density at radius 3 is 2.50 bits per heavy atom. The van der Waals surface area contributed by atoms with Crippen molar-refractivity contribution in [3.05, 3.63) is 0 Å². The fraction of sp³-hybridized carbons (Fsp3) is 0.857. The maximum atomic E-state index is 10.7. The lowest BCUT2D eigenvalue weighted by Gasteiger charge is -2.22. The van der Waals surface area contributed by atoms with Crippen molar-refractivity contribution >= 4 is 16.8 Å². The van der Waals surface area contributed by atoms with Crippen LogP contribution in [0.15, 0.2) is 0 Å². The van der Waals surface area contributed by atoms with Gasteiger partial charge in [-0.05, 0) is 31.9 Å². The van der Waals surface area contributed by atoms with Crippen molar-refractivity contribution in [1.82, 2.24) is 0 Å². The Bertz CT molecular complexity index is 154. The van der Waals surface area contributed by atoms with Gasteiger partial charge in [-0.15, -0.1) is 0 Å². The molecule has 0 aliphatic carbocycles. The predicted octanol–water partition coefficient (Wildman–Crippen LogP) is 1.57. The Morgan fingerprint density at radius 2 is 2.30 bits per heavy atom. The summed E-state index contributed by atoms with van der Waals surface area (Å²) in [5.41, 5.74) is -0.348. The van der Waals surface area contributed by atoms with Gasteiger partial charge >= 0.3 is 0 Å². The Labute approximate surface area is 65.5 Å². The SMILES string of the molecule is CC1(C)OCC[C@H]1C(=O)Cl. The zero-order valence-electron chi connectivity index (χ0n) is 6.19. The molecule has 1 heterocycles. The van der Waals surface area contributed by atoms with E-state index in [1.165, 1.54) is 0 Å². The molecule has 0 N–H and O–H groups in total. The molecule has 58 valence electrons. The second-order valence-electron chi connectivity index (χ2n) is 3.10. The van der Waals surface area contributed by atoms with Crippen molar-refractivity contribution < 1.29 is 9.53 Å². The van der Waals surface area contributed by atoms with E-state index in [1.54, 1.807) is 0 Å². The number of rotatable bonds is 1. The molecule has 0 bridgehead atoms. The smallest absolute Gasteiger partial charge is 0.227 e. The quantitative estimate of drug-likeness (QED) is 0.547. The van der Waals surface area contributed by atoms with Crippen molar-refractivity contribution in [3.8, 4) is 0 Å².